The minimum atomic E-state index is -3.40. The fourth-order valence-electron chi connectivity index (χ4n) is 1.82. The van der Waals surface area contributed by atoms with Crippen LogP contribution in [0.25, 0.3) is 0 Å². The van der Waals surface area contributed by atoms with Crippen LogP contribution in [-0.2, 0) is 9.84 Å². The second kappa shape index (κ2) is 7.77. The van der Waals surface area contributed by atoms with Gasteiger partial charge in [-0.05, 0) is 50.4 Å². The van der Waals surface area contributed by atoms with Crippen LogP contribution in [0.5, 0.6) is 0 Å². The molecule has 0 saturated heterocycles. The van der Waals surface area contributed by atoms with Crippen molar-refractivity contribution in [2.45, 2.75) is 28.2 Å². The van der Waals surface area contributed by atoms with E-state index in [1.54, 1.807) is 38.1 Å². The Balaban J connectivity index is 2.17. The van der Waals surface area contributed by atoms with Gasteiger partial charge in [-0.15, -0.1) is 23.1 Å². The Hall–Kier alpha value is -1.22. The lowest BCUT2D eigenvalue weighted by Gasteiger charge is -2.07. The third-order valence-corrected chi connectivity index (χ3v) is 7.99. The number of hydrogen-bond donors (Lipinski definition) is 2. The van der Waals surface area contributed by atoms with E-state index < -0.39 is 21.1 Å². The molecule has 1 aromatic heterocycles. The topological polar surface area (TPSA) is 75.3 Å². The summed E-state index contributed by atoms with van der Waals surface area (Å²) in [7, 11) is -3.40. The number of urea groups is 1. The van der Waals surface area contributed by atoms with Crippen LogP contribution in [0.1, 0.15) is 13.8 Å². The van der Waals surface area contributed by atoms with Gasteiger partial charge in [-0.2, -0.15) is 0 Å². The maximum atomic E-state index is 12.4. The molecule has 2 amide bonds. The number of carbonyl (C=O) groups excluding carboxylic acids is 1. The summed E-state index contributed by atoms with van der Waals surface area (Å²) in [4.78, 5) is 12.3. The summed E-state index contributed by atoms with van der Waals surface area (Å²) in [6, 6.07) is 7.76. The molecule has 0 saturated carbocycles. The number of anilines is 2. The lowest BCUT2D eigenvalue weighted by molar-refractivity contribution is 0.262. The summed E-state index contributed by atoms with van der Waals surface area (Å²) in [5, 5.41) is 5.87. The number of thioether (sulfide) groups is 1. The van der Waals surface area contributed by atoms with Gasteiger partial charge in [0.25, 0.3) is 0 Å². The van der Waals surface area contributed by atoms with E-state index in [0.717, 1.165) is 0 Å². The summed E-state index contributed by atoms with van der Waals surface area (Å²) < 4.78 is 25.4. The minimum absolute atomic E-state index is 0.261. The molecule has 0 unspecified atom stereocenters. The lowest BCUT2D eigenvalue weighted by atomic mass is 10.3. The maximum Gasteiger partial charge on any atom is 0.324 e. The molecule has 130 valence electrons. The average molecular weight is 405 g/mol. The van der Waals surface area contributed by atoms with Crippen molar-refractivity contribution in [1.82, 2.24) is 0 Å². The molecule has 0 bridgehead atoms. The normalized spacial score (nSPS) is 11.5. The fourth-order valence-corrected chi connectivity index (χ4v) is 5.66. The van der Waals surface area contributed by atoms with E-state index in [1.807, 2.05) is 6.26 Å². The van der Waals surface area contributed by atoms with Gasteiger partial charge in [-0.25, -0.2) is 13.2 Å². The van der Waals surface area contributed by atoms with E-state index >= 15 is 0 Å². The summed E-state index contributed by atoms with van der Waals surface area (Å²) in [6.07, 6.45) is 1.81. The predicted octanol–water partition coefficient (Wildman–Crippen LogP) is 4.95. The molecule has 0 aliphatic rings. The van der Waals surface area contributed by atoms with Gasteiger partial charge in [0.1, 0.15) is 0 Å². The number of sulfone groups is 1. The smallest absolute Gasteiger partial charge is 0.308 e. The van der Waals surface area contributed by atoms with E-state index in [2.05, 4.69) is 10.6 Å². The maximum absolute atomic E-state index is 12.4. The fraction of sp³-hybridized carbons (Fsp3) is 0.267. The van der Waals surface area contributed by atoms with Crippen molar-refractivity contribution in [2.24, 2.45) is 0 Å². The van der Waals surface area contributed by atoms with E-state index in [1.165, 1.54) is 29.2 Å². The second-order valence-corrected chi connectivity index (χ2v) is 10.2. The quantitative estimate of drug-likeness (QED) is 0.691. The zero-order valence-electron chi connectivity index (χ0n) is 13.3. The van der Waals surface area contributed by atoms with Gasteiger partial charge < -0.3 is 5.32 Å². The molecule has 0 atom stereocenters. The molecule has 2 rings (SSSR count). The predicted molar refractivity (Wildman–Crippen MR) is 103 cm³/mol. The largest absolute Gasteiger partial charge is 0.324 e. The molecule has 5 nitrogen and oxygen atoms in total. The summed E-state index contributed by atoms with van der Waals surface area (Å²) in [5.41, 5.74) is 0.591. The van der Waals surface area contributed by atoms with Crippen molar-refractivity contribution in [2.75, 3.05) is 16.9 Å². The molecule has 0 aliphatic heterocycles. The number of benzene rings is 1. The highest BCUT2D eigenvalue weighted by atomic mass is 35.5. The third kappa shape index (κ3) is 4.44. The van der Waals surface area contributed by atoms with Crippen molar-refractivity contribution in [3.63, 3.8) is 0 Å². The molecule has 1 heterocycles. The van der Waals surface area contributed by atoms with Gasteiger partial charge in [-0.1, -0.05) is 11.6 Å². The first-order valence-corrected chi connectivity index (χ1v) is 11.0. The molecular weight excluding hydrogens is 388 g/mol. The molecule has 1 aromatic carbocycles. The summed E-state index contributed by atoms with van der Waals surface area (Å²) in [6.45, 7) is 3.27. The van der Waals surface area contributed by atoms with Crippen LogP contribution < -0.4 is 10.6 Å². The van der Waals surface area contributed by atoms with Gasteiger partial charge in [0, 0.05) is 10.7 Å². The zero-order chi connectivity index (χ0) is 17.9. The van der Waals surface area contributed by atoms with Gasteiger partial charge in [0.15, 0.2) is 9.84 Å². The Morgan fingerprint density at radius 1 is 1.21 bits per heavy atom. The van der Waals surface area contributed by atoms with E-state index in [-0.39, 0.29) is 4.90 Å². The second-order valence-electron chi connectivity index (χ2n) is 5.15. The van der Waals surface area contributed by atoms with Crippen molar-refractivity contribution in [3.8, 4) is 0 Å². The van der Waals surface area contributed by atoms with Crippen LogP contribution in [0.15, 0.2) is 39.4 Å². The van der Waals surface area contributed by atoms with Gasteiger partial charge >= 0.3 is 6.03 Å². The number of hydrogen-bond acceptors (Lipinski definition) is 5. The van der Waals surface area contributed by atoms with Gasteiger partial charge in [0.05, 0.1) is 19.4 Å². The molecular formula is C15H17ClN2O3S3. The Kier molecular flexibility index (Phi) is 6.19. The number of carbonyl (C=O) groups is 1. The van der Waals surface area contributed by atoms with Crippen molar-refractivity contribution >= 4 is 61.3 Å². The first kappa shape index (κ1) is 19.1. The number of nitrogens with one attached hydrogen (secondary N) is 2. The molecule has 0 aliphatic carbocycles. The molecule has 0 radical (unpaired) electrons. The summed E-state index contributed by atoms with van der Waals surface area (Å²) >= 11 is 8.38. The van der Waals surface area contributed by atoms with Crippen molar-refractivity contribution in [1.29, 1.82) is 0 Å². The molecule has 0 fully saturated rings. The van der Waals surface area contributed by atoms with Gasteiger partial charge in [-0.3, -0.25) is 5.32 Å². The van der Waals surface area contributed by atoms with Gasteiger partial charge in [0.2, 0.25) is 0 Å². The summed E-state index contributed by atoms with van der Waals surface area (Å²) in [5.74, 6) is 0. The van der Waals surface area contributed by atoms with Crippen LogP contribution in [0, 0.1) is 0 Å². The highest BCUT2D eigenvalue weighted by Crippen LogP contribution is 2.38. The zero-order valence-corrected chi connectivity index (χ0v) is 16.5. The average Bonchev–Trinajstić information content (AvgIpc) is 2.93. The van der Waals surface area contributed by atoms with Crippen molar-refractivity contribution < 1.29 is 13.2 Å². The number of rotatable bonds is 5. The Morgan fingerprint density at radius 2 is 1.83 bits per heavy atom. The number of amides is 2. The number of halogens is 1. The third-order valence-electron chi connectivity index (χ3n) is 3.12. The van der Waals surface area contributed by atoms with Crippen LogP contribution in [0.3, 0.4) is 0 Å². The number of thiophene rings is 1. The lowest BCUT2D eigenvalue weighted by Crippen LogP contribution is -2.18. The highest BCUT2D eigenvalue weighted by molar-refractivity contribution is 8.01. The highest BCUT2D eigenvalue weighted by Gasteiger charge is 2.25. The van der Waals surface area contributed by atoms with Crippen LogP contribution in [0.4, 0.5) is 15.5 Å². The standard InChI is InChI=1S/C15H17ClN2O3S3/c1-9(2)24(20,21)12-8-13(23-14(12)22-3)18-15(19)17-11-6-4-10(16)5-7-11/h4-9H,1-3H3,(H2,17,18,19). The van der Waals surface area contributed by atoms with Crippen LogP contribution in [0.2, 0.25) is 5.02 Å². The molecule has 9 heteroatoms. The Labute approximate surface area is 154 Å². The monoisotopic (exact) mass is 404 g/mol. The Morgan fingerprint density at radius 3 is 2.38 bits per heavy atom. The first-order valence-electron chi connectivity index (χ1n) is 6.99. The van der Waals surface area contributed by atoms with Crippen molar-refractivity contribution in [3.05, 3.63) is 35.4 Å². The van der Waals surface area contributed by atoms with E-state index in [0.29, 0.717) is 19.9 Å². The molecule has 2 N–H and O–H groups in total. The first-order chi connectivity index (χ1) is 11.2. The van der Waals surface area contributed by atoms with Crippen LogP contribution >= 0.6 is 34.7 Å². The molecule has 0 spiro atoms. The Bertz CT molecular complexity index is 830. The SMILES string of the molecule is CSc1sc(NC(=O)Nc2ccc(Cl)cc2)cc1S(=O)(=O)C(C)C. The molecule has 2 aromatic rings. The molecule has 24 heavy (non-hydrogen) atoms. The van der Waals surface area contributed by atoms with E-state index in [9.17, 15) is 13.2 Å². The minimum Gasteiger partial charge on any atom is -0.308 e. The van der Waals surface area contributed by atoms with Crippen LogP contribution in [-0.4, -0.2) is 26.0 Å². The van der Waals surface area contributed by atoms with E-state index in [4.69, 9.17) is 11.6 Å².